The lowest BCUT2D eigenvalue weighted by atomic mass is 10.2. The van der Waals surface area contributed by atoms with Gasteiger partial charge in [-0.1, -0.05) is 0 Å². The second-order valence-electron chi connectivity index (χ2n) is 5.01. The number of nitrogens with two attached hydrogens (primary N) is 1. The van der Waals surface area contributed by atoms with Crippen LogP contribution in [-0.2, 0) is 0 Å². The van der Waals surface area contributed by atoms with Crippen molar-refractivity contribution in [3.8, 4) is 0 Å². The third-order valence-corrected chi connectivity index (χ3v) is 3.97. The van der Waals surface area contributed by atoms with Gasteiger partial charge in [-0.15, -0.1) is 0 Å². The number of nitrogen functional groups attached to an aromatic ring is 1. The average molecular weight is 233 g/mol. The Hall–Kier alpha value is -1.26. The lowest BCUT2D eigenvalue weighted by molar-refractivity contribution is 0.177. The zero-order valence-corrected chi connectivity index (χ0v) is 9.92. The molecule has 0 radical (unpaired) electrons. The summed E-state index contributed by atoms with van der Waals surface area (Å²) in [5, 5.41) is 9.00. The maximum Gasteiger partial charge on any atom is 0.0558 e. The number of likely N-dealkylation sites (tertiary alicyclic amines) is 1. The van der Waals surface area contributed by atoms with Gasteiger partial charge in [-0.3, -0.25) is 4.90 Å². The predicted octanol–water partition coefficient (Wildman–Crippen LogP) is 0.524. The molecule has 0 saturated carbocycles. The zero-order chi connectivity index (χ0) is 11.8. The van der Waals surface area contributed by atoms with Gasteiger partial charge in [-0.25, -0.2) is 0 Å². The van der Waals surface area contributed by atoms with Crippen molar-refractivity contribution in [2.75, 3.05) is 36.9 Å². The molecule has 3 N–H and O–H groups in total. The number of aliphatic hydroxyl groups excluding tert-OH is 1. The van der Waals surface area contributed by atoms with E-state index in [1.165, 1.54) is 12.1 Å². The molecule has 4 nitrogen and oxygen atoms in total. The van der Waals surface area contributed by atoms with Crippen molar-refractivity contribution >= 4 is 11.4 Å². The molecule has 2 aliphatic rings. The highest BCUT2D eigenvalue weighted by Crippen LogP contribution is 2.34. The summed E-state index contributed by atoms with van der Waals surface area (Å²) in [7, 11) is 0. The first kappa shape index (κ1) is 10.9. The number of β-amino-alcohol motifs (C(OH)–C–C–N with tert-alkyl or cyclic N) is 1. The summed E-state index contributed by atoms with van der Waals surface area (Å²) >= 11 is 0. The molecule has 2 fully saturated rings. The summed E-state index contributed by atoms with van der Waals surface area (Å²) in [6, 6.07) is 9.36. The number of benzene rings is 1. The predicted molar refractivity (Wildman–Crippen MR) is 69.1 cm³/mol. The van der Waals surface area contributed by atoms with Gasteiger partial charge in [0.2, 0.25) is 0 Å². The van der Waals surface area contributed by atoms with Gasteiger partial charge >= 0.3 is 0 Å². The van der Waals surface area contributed by atoms with Crippen LogP contribution in [0, 0.1) is 0 Å². The molecule has 0 amide bonds. The van der Waals surface area contributed by atoms with Crippen molar-refractivity contribution in [1.82, 2.24) is 4.90 Å². The number of hydrogen-bond donors (Lipinski definition) is 2. The number of aliphatic hydroxyl groups is 1. The fourth-order valence-electron chi connectivity index (χ4n) is 3.13. The van der Waals surface area contributed by atoms with Gasteiger partial charge in [-0.2, -0.15) is 0 Å². The average Bonchev–Trinajstić information content (AvgIpc) is 2.90. The summed E-state index contributed by atoms with van der Waals surface area (Å²) in [4.78, 5) is 4.87. The molecule has 2 aliphatic heterocycles. The van der Waals surface area contributed by atoms with Crippen LogP contribution in [0.15, 0.2) is 24.3 Å². The second-order valence-corrected chi connectivity index (χ2v) is 5.01. The number of hydrogen-bond acceptors (Lipinski definition) is 4. The Morgan fingerprint density at radius 2 is 1.94 bits per heavy atom. The number of nitrogens with zero attached hydrogens (tertiary/aromatic N) is 2. The van der Waals surface area contributed by atoms with Gasteiger partial charge in [0.15, 0.2) is 0 Å². The molecule has 2 atom stereocenters. The van der Waals surface area contributed by atoms with Crippen LogP contribution in [0.2, 0.25) is 0 Å². The molecule has 2 bridgehead atoms. The molecular formula is C13H19N3O. The standard InChI is InChI=1S/C13H19N3O/c14-10-1-3-11(4-2-10)16-9-12-7-13(16)8-15(12)5-6-17/h1-4,12-13,17H,5-9,14H2. The Morgan fingerprint density at radius 1 is 1.18 bits per heavy atom. The van der Waals surface area contributed by atoms with Crippen molar-refractivity contribution in [3.63, 3.8) is 0 Å². The van der Waals surface area contributed by atoms with Crippen LogP contribution >= 0.6 is 0 Å². The topological polar surface area (TPSA) is 52.7 Å². The smallest absolute Gasteiger partial charge is 0.0558 e. The van der Waals surface area contributed by atoms with E-state index >= 15 is 0 Å². The van der Waals surface area contributed by atoms with Gasteiger partial charge in [-0.05, 0) is 30.7 Å². The van der Waals surface area contributed by atoms with Crippen molar-refractivity contribution < 1.29 is 5.11 Å². The van der Waals surface area contributed by atoms with Gasteiger partial charge < -0.3 is 15.7 Å². The summed E-state index contributed by atoms with van der Waals surface area (Å²) in [5.41, 5.74) is 7.80. The first-order valence-corrected chi connectivity index (χ1v) is 6.25. The molecule has 4 heteroatoms. The summed E-state index contributed by atoms with van der Waals surface area (Å²) in [5.74, 6) is 0. The molecule has 92 valence electrons. The quantitative estimate of drug-likeness (QED) is 0.748. The monoisotopic (exact) mass is 233 g/mol. The third kappa shape index (κ3) is 1.87. The van der Waals surface area contributed by atoms with E-state index in [0.717, 1.165) is 25.3 Å². The first-order valence-electron chi connectivity index (χ1n) is 6.25. The minimum atomic E-state index is 0.269. The Labute approximate surface area is 102 Å². The molecule has 2 unspecified atom stereocenters. The highest BCUT2D eigenvalue weighted by Gasteiger charge is 2.42. The van der Waals surface area contributed by atoms with E-state index in [4.69, 9.17) is 10.8 Å². The van der Waals surface area contributed by atoms with Crippen LogP contribution in [-0.4, -0.2) is 48.3 Å². The number of rotatable bonds is 3. The normalized spacial score (nSPS) is 27.9. The lowest BCUT2D eigenvalue weighted by Crippen LogP contribution is -2.47. The second kappa shape index (κ2) is 4.20. The summed E-state index contributed by atoms with van der Waals surface area (Å²) < 4.78 is 0. The zero-order valence-electron chi connectivity index (χ0n) is 9.92. The lowest BCUT2D eigenvalue weighted by Gasteiger charge is -2.35. The van der Waals surface area contributed by atoms with Gasteiger partial charge in [0.1, 0.15) is 0 Å². The largest absolute Gasteiger partial charge is 0.399 e. The van der Waals surface area contributed by atoms with Crippen LogP contribution in [0.4, 0.5) is 11.4 Å². The minimum Gasteiger partial charge on any atom is -0.399 e. The van der Waals surface area contributed by atoms with E-state index < -0.39 is 0 Å². The molecule has 2 heterocycles. The van der Waals surface area contributed by atoms with Gasteiger partial charge in [0.05, 0.1) is 6.61 Å². The van der Waals surface area contributed by atoms with Crippen molar-refractivity contribution in [2.45, 2.75) is 18.5 Å². The number of fused-ring (bicyclic) bond motifs is 2. The molecule has 17 heavy (non-hydrogen) atoms. The van der Waals surface area contributed by atoms with Crippen LogP contribution < -0.4 is 10.6 Å². The maximum atomic E-state index is 9.00. The number of piperazine rings is 1. The molecule has 0 spiro atoms. The fourth-order valence-corrected chi connectivity index (χ4v) is 3.13. The van der Waals surface area contributed by atoms with Gasteiger partial charge in [0, 0.05) is 43.1 Å². The van der Waals surface area contributed by atoms with Crippen molar-refractivity contribution in [1.29, 1.82) is 0 Å². The Morgan fingerprint density at radius 3 is 2.53 bits per heavy atom. The van der Waals surface area contributed by atoms with E-state index in [9.17, 15) is 0 Å². The number of anilines is 2. The maximum absolute atomic E-state index is 9.00. The highest BCUT2D eigenvalue weighted by atomic mass is 16.3. The Bertz CT molecular complexity index is 392. The van der Waals surface area contributed by atoms with Crippen molar-refractivity contribution in [2.24, 2.45) is 0 Å². The first-order chi connectivity index (χ1) is 8.28. The minimum absolute atomic E-state index is 0.269. The van der Waals surface area contributed by atoms with Crippen molar-refractivity contribution in [3.05, 3.63) is 24.3 Å². The van der Waals surface area contributed by atoms with Gasteiger partial charge in [0.25, 0.3) is 0 Å². The van der Waals surface area contributed by atoms with Crippen LogP contribution in [0.1, 0.15) is 6.42 Å². The molecule has 0 aromatic heterocycles. The molecule has 1 aromatic carbocycles. The van der Waals surface area contributed by atoms with E-state index in [2.05, 4.69) is 21.9 Å². The molecule has 2 saturated heterocycles. The molecule has 3 rings (SSSR count). The van der Waals surface area contributed by atoms with Crippen LogP contribution in [0.25, 0.3) is 0 Å². The van der Waals surface area contributed by atoms with E-state index in [0.29, 0.717) is 12.1 Å². The fraction of sp³-hybridized carbons (Fsp3) is 0.538. The van der Waals surface area contributed by atoms with Crippen LogP contribution in [0.3, 0.4) is 0 Å². The SMILES string of the molecule is Nc1ccc(N2CC3CC2CN3CCO)cc1. The Balaban J connectivity index is 1.71. The molecular weight excluding hydrogens is 214 g/mol. The van der Waals surface area contributed by atoms with E-state index in [1.807, 2.05) is 12.1 Å². The van der Waals surface area contributed by atoms with E-state index in [1.54, 1.807) is 0 Å². The van der Waals surface area contributed by atoms with Crippen LogP contribution in [0.5, 0.6) is 0 Å². The highest BCUT2D eigenvalue weighted by molar-refractivity contribution is 5.55. The molecule has 1 aromatic rings. The Kier molecular flexibility index (Phi) is 2.68. The third-order valence-electron chi connectivity index (χ3n) is 3.97. The molecule has 0 aliphatic carbocycles. The van der Waals surface area contributed by atoms with E-state index in [-0.39, 0.29) is 6.61 Å². The summed E-state index contributed by atoms with van der Waals surface area (Å²) in [6.07, 6.45) is 1.23. The summed E-state index contributed by atoms with van der Waals surface area (Å²) in [6.45, 7) is 3.24.